The first-order chi connectivity index (χ1) is 1.41. The summed E-state index contributed by atoms with van der Waals surface area (Å²) in [6, 6.07) is 0. The van der Waals surface area contributed by atoms with Crippen LogP contribution in [-0.2, 0) is 4.79 Å². The van der Waals surface area contributed by atoms with Crippen molar-refractivity contribution in [2.75, 3.05) is 0 Å². The van der Waals surface area contributed by atoms with Gasteiger partial charge in [0.25, 0.3) is 6.47 Å². The van der Waals surface area contributed by atoms with Crippen LogP contribution in [0.3, 0.4) is 0 Å². The molecule has 28 valence electrons. The van der Waals surface area contributed by atoms with E-state index in [1.807, 2.05) is 0 Å². The van der Waals surface area contributed by atoms with Crippen LogP contribution in [0.25, 0.3) is 0 Å². The van der Waals surface area contributed by atoms with Gasteiger partial charge in [0.1, 0.15) is 0 Å². The van der Waals surface area contributed by atoms with Gasteiger partial charge in [0.15, 0.2) is 0 Å². The van der Waals surface area contributed by atoms with E-state index in [2.05, 4.69) is 0 Å². The van der Waals surface area contributed by atoms with Crippen molar-refractivity contribution in [3.05, 3.63) is 0 Å². The number of hydrogen-bond donors (Lipinski definition) is 2. The third-order valence-electron chi connectivity index (χ3n) is 0. The van der Waals surface area contributed by atoms with E-state index in [9.17, 15) is 0 Å². The van der Waals surface area contributed by atoms with E-state index in [4.69, 9.17) is 9.90 Å². The predicted molar refractivity (Wildman–Crippen MR) is 20.9 cm³/mol. The Hall–Kier alpha value is 0.430. The molecule has 4 heteroatoms. The molecule has 0 aromatic heterocycles. The standard InChI is InChI=1S/CH2O2.H3N.Na.H/c2-1-3;;;/h1H,(H,2,3);1H3;;. The fraction of sp³-hybridized carbons (Fsp3) is 0. The van der Waals surface area contributed by atoms with Gasteiger partial charge in [-0.3, -0.25) is 4.79 Å². The van der Waals surface area contributed by atoms with Crippen LogP contribution in [0.15, 0.2) is 0 Å². The predicted octanol–water partition coefficient (Wildman–Crippen LogP) is -0.786. The van der Waals surface area contributed by atoms with Crippen molar-refractivity contribution >= 4 is 36.0 Å². The molecule has 0 aliphatic heterocycles. The summed E-state index contributed by atoms with van der Waals surface area (Å²) in [5.41, 5.74) is 0. The van der Waals surface area contributed by atoms with Gasteiger partial charge >= 0.3 is 29.6 Å². The fourth-order valence-electron chi connectivity index (χ4n) is 0. The molecule has 0 heterocycles. The summed E-state index contributed by atoms with van der Waals surface area (Å²) in [4.78, 5) is 8.36. The SMILES string of the molecule is N.O=CO.[NaH]. The Morgan fingerprint density at radius 2 is 1.60 bits per heavy atom. The summed E-state index contributed by atoms with van der Waals surface area (Å²) in [6.07, 6.45) is 0. The molecular weight excluding hydrogens is 81.0 g/mol. The Morgan fingerprint density at radius 1 is 1.60 bits per heavy atom. The van der Waals surface area contributed by atoms with Crippen molar-refractivity contribution < 1.29 is 9.90 Å². The number of rotatable bonds is 0. The maximum absolute atomic E-state index is 8.36. The summed E-state index contributed by atoms with van der Waals surface area (Å²) in [7, 11) is 0. The van der Waals surface area contributed by atoms with Crippen LogP contribution in [0, 0.1) is 0 Å². The zero-order valence-electron chi connectivity index (χ0n) is 2.14. The van der Waals surface area contributed by atoms with Gasteiger partial charge in [-0.1, -0.05) is 0 Å². The molecule has 0 saturated carbocycles. The van der Waals surface area contributed by atoms with Crippen LogP contribution in [0.5, 0.6) is 0 Å². The zero-order chi connectivity index (χ0) is 2.71. The van der Waals surface area contributed by atoms with E-state index in [1.54, 1.807) is 0 Å². The topological polar surface area (TPSA) is 72.3 Å². The summed E-state index contributed by atoms with van der Waals surface area (Å²) in [6.45, 7) is -0.250. The molecule has 0 aliphatic rings. The quantitative estimate of drug-likeness (QED) is 0.300. The van der Waals surface area contributed by atoms with E-state index < -0.39 is 0 Å². The average molecular weight is 87.1 g/mol. The van der Waals surface area contributed by atoms with E-state index in [0.717, 1.165) is 0 Å². The second-order valence-corrected chi connectivity index (χ2v) is 0.105. The van der Waals surface area contributed by atoms with Crippen LogP contribution in [0.4, 0.5) is 0 Å². The minimum atomic E-state index is -0.250. The Bertz CT molecular complexity index is 17.1. The third-order valence-corrected chi connectivity index (χ3v) is 0. The molecule has 0 aromatic rings. The first-order valence-corrected chi connectivity index (χ1v) is 0.494. The maximum atomic E-state index is 8.36. The van der Waals surface area contributed by atoms with Crippen molar-refractivity contribution in [1.82, 2.24) is 6.15 Å². The van der Waals surface area contributed by atoms with Gasteiger partial charge in [-0.15, -0.1) is 0 Å². The number of hydrogen-bond acceptors (Lipinski definition) is 2. The molecule has 0 unspecified atom stereocenters. The van der Waals surface area contributed by atoms with Gasteiger partial charge in [0.2, 0.25) is 0 Å². The Balaban J connectivity index is -0.0000000200. The molecular formula is CH6NNaO2. The molecule has 3 nitrogen and oxygen atoms in total. The molecule has 0 rings (SSSR count). The summed E-state index contributed by atoms with van der Waals surface area (Å²) < 4.78 is 0. The molecule has 0 spiro atoms. The Morgan fingerprint density at radius 3 is 1.60 bits per heavy atom. The second-order valence-electron chi connectivity index (χ2n) is 0.105. The minimum absolute atomic E-state index is 0. The zero-order valence-corrected chi connectivity index (χ0v) is 2.14. The van der Waals surface area contributed by atoms with E-state index >= 15 is 0 Å². The molecule has 0 saturated heterocycles. The van der Waals surface area contributed by atoms with Crippen molar-refractivity contribution in [3.63, 3.8) is 0 Å². The molecule has 0 radical (unpaired) electrons. The van der Waals surface area contributed by atoms with E-state index in [-0.39, 0.29) is 42.2 Å². The van der Waals surface area contributed by atoms with Gasteiger partial charge in [-0.05, 0) is 0 Å². The average Bonchev–Trinajstić information content (AvgIpc) is 0.918. The first-order valence-electron chi connectivity index (χ1n) is 0.494. The first kappa shape index (κ1) is 18.0. The molecule has 0 fully saturated rings. The van der Waals surface area contributed by atoms with Crippen molar-refractivity contribution in [1.29, 1.82) is 0 Å². The molecule has 0 atom stereocenters. The number of carbonyl (C=O) groups is 1. The van der Waals surface area contributed by atoms with Crippen molar-refractivity contribution in [2.24, 2.45) is 0 Å². The normalized spacial score (nSPS) is 2.40. The van der Waals surface area contributed by atoms with Crippen LogP contribution in [0.1, 0.15) is 0 Å². The third kappa shape index (κ3) is 141. The van der Waals surface area contributed by atoms with Crippen molar-refractivity contribution in [3.8, 4) is 0 Å². The van der Waals surface area contributed by atoms with Gasteiger partial charge < -0.3 is 11.3 Å². The molecule has 5 heavy (non-hydrogen) atoms. The molecule has 0 aromatic carbocycles. The Kier molecular flexibility index (Phi) is 92.0. The van der Waals surface area contributed by atoms with Crippen LogP contribution >= 0.6 is 0 Å². The van der Waals surface area contributed by atoms with Crippen LogP contribution in [-0.4, -0.2) is 41.1 Å². The monoisotopic (exact) mass is 87.0 g/mol. The van der Waals surface area contributed by atoms with Crippen LogP contribution < -0.4 is 6.15 Å². The van der Waals surface area contributed by atoms with E-state index in [0.29, 0.717) is 0 Å². The van der Waals surface area contributed by atoms with Gasteiger partial charge in [-0.2, -0.15) is 0 Å². The second kappa shape index (κ2) is 25.5. The summed E-state index contributed by atoms with van der Waals surface area (Å²) >= 11 is 0. The van der Waals surface area contributed by atoms with Crippen LogP contribution in [0.2, 0.25) is 0 Å². The molecule has 0 bridgehead atoms. The van der Waals surface area contributed by atoms with Gasteiger partial charge in [-0.25, -0.2) is 0 Å². The van der Waals surface area contributed by atoms with Crippen molar-refractivity contribution in [2.45, 2.75) is 0 Å². The Labute approximate surface area is 52.2 Å². The summed E-state index contributed by atoms with van der Waals surface area (Å²) in [5, 5.41) is 6.89. The van der Waals surface area contributed by atoms with E-state index in [1.165, 1.54) is 0 Å². The molecule has 4 N–H and O–H groups in total. The number of carboxylic acid groups (broad SMARTS) is 1. The fourth-order valence-corrected chi connectivity index (χ4v) is 0. The molecule has 0 amide bonds. The summed E-state index contributed by atoms with van der Waals surface area (Å²) in [5.74, 6) is 0. The van der Waals surface area contributed by atoms with Gasteiger partial charge in [0.05, 0.1) is 0 Å². The van der Waals surface area contributed by atoms with Gasteiger partial charge in [0, 0.05) is 0 Å². The molecule has 0 aliphatic carbocycles.